The molecule has 1 aliphatic rings. The van der Waals surface area contributed by atoms with E-state index in [1.165, 1.54) is 12.1 Å². The standard InChI is InChI=1S/C21H19F3/c1-14-5-12-19(21(24)20(14)23)17-10-8-15(9-11-17)6-7-16-3-2-4-18(22)13-16/h2-8,12-13,17H,9-11H2,1H3/b7-6+. The molecule has 3 rings (SSSR count). The van der Waals surface area contributed by atoms with Crippen LogP contribution in [0.4, 0.5) is 13.2 Å². The molecule has 0 fully saturated rings. The van der Waals surface area contributed by atoms with Crippen molar-refractivity contribution in [3.63, 3.8) is 0 Å². The molecular formula is C21H19F3. The summed E-state index contributed by atoms with van der Waals surface area (Å²) in [6, 6.07) is 9.74. The van der Waals surface area contributed by atoms with Crippen LogP contribution in [0, 0.1) is 24.4 Å². The molecule has 1 unspecified atom stereocenters. The molecule has 0 spiro atoms. The van der Waals surface area contributed by atoms with Crippen molar-refractivity contribution in [2.45, 2.75) is 32.1 Å². The fourth-order valence-electron chi connectivity index (χ4n) is 3.08. The SMILES string of the molecule is Cc1ccc(C2CC=C(/C=C/c3cccc(F)c3)CC2)c(F)c1F. The van der Waals surface area contributed by atoms with Crippen LogP contribution in [0.3, 0.4) is 0 Å². The van der Waals surface area contributed by atoms with Crippen molar-refractivity contribution < 1.29 is 13.2 Å². The molecule has 0 nitrogen and oxygen atoms in total. The predicted molar refractivity (Wildman–Crippen MR) is 91.2 cm³/mol. The van der Waals surface area contributed by atoms with E-state index in [2.05, 4.69) is 6.08 Å². The second-order valence-electron chi connectivity index (χ2n) is 6.24. The molecule has 0 radical (unpaired) electrons. The quantitative estimate of drug-likeness (QED) is 0.618. The van der Waals surface area contributed by atoms with Crippen molar-refractivity contribution in [1.29, 1.82) is 0 Å². The Kier molecular flexibility index (Phi) is 4.89. The average Bonchev–Trinajstić information content (AvgIpc) is 2.59. The Bertz CT molecular complexity index is 803. The Hall–Kier alpha value is -2.29. The van der Waals surface area contributed by atoms with Gasteiger partial charge in [0, 0.05) is 0 Å². The van der Waals surface area contributed by atoms with Gasteiger partial charge in [-0.3, -0.25) is 0 Å². The molecule has 1 aliphatic carbocycles. The van der Waals surface area contributed by atoms with Crippen LogP contribution >= 0.6 is 0 Å². The van der Waals surface area contributed by atoms with Crippen molar-refractivity contribution in [2.24, 2.45) is 0 Å². The zero-order valence-corrected chi connectivity index (χ0v) is 13.5. The minimum absolute atomic E-state index is 0.00594. The van der Waals surface area contributed by atoms with Gasteiger partial charge in [0.1, 0.15) is 5.82 Å². The molecule has 24 heavy (non-hydrogen) atoms. The topological polar surface area (TPSA) is 0 Å². The number of halogens is 3. The maximum Gasteiger partial charge on any atom is 0.162 e. The average molecular weight is 328 g/mol. The first-order valence-electron chi connectivity index (χ1n) is 8.12. The fraction of sp³-hybridized carbons (Fsp3) is 0.238. The summed E-state index contributed by atoms with van der Waals surface area (Å²) in [5.41, 5.74) is 2.75. The van der Waals surface area contributed by atoms with E-state index in [1.54, 1.807) is 25.1 Å². The van der Waals surface area contributed by atoms with E-state index < -0.39 is 11.6 Å². The number of benzene rings is 2. The van der Waals surface area contributed by atoms with Crippen molar-refractivity contribution in [3.8, 4) is 0 Å². The van der Waals surface area contributed by atoms with Gasteiger partial charge in [0.15, 0.2) is 11.6 Å². The molecule has 0 saturated carbocycles. The van der Waals surface area contributed by atoms with E-state index in [0.29, 0.717) is 17.5 Å². The van der Waals surface area contributed by atoms with Crippen molar-refractivity contribution in [2.75, 3.05) is 0 Å². The van der Waals surface area contributed by atoms with Crippen LogP contribution in [0.15, 0.2) is 54.1 Å². The summed E-state index contributed by atoms with van der Waals surface area (Å²) in [6.45, 7) is 1.57. The monoisotopic (exact) mass is 328 g/mol. The van der Waals surface area contributed by atoms with Gasteiger partial charge in [0.2, 0.25) is 0 Å². The van der Waals surface area contributed by atoms with Gasteiger partial charge in [0.05, 0.1) is 0 Å². The Labute approximate surface area is 140 Å². The van der Waals surface area contributed by atoms with E-state index in [1.807, 2.05) is 18.2 Å². The number of allylic oxidation sites excluding steroid dienone is 3. The largest absolute Gasteiger partial charge is 0.207 e. The van der Waals surface area contributed by atoms with Gasteiger partial charge in [-0.1, -0.05) is 48.1 Å². The van der Waals surface area contributed by atoms with Gasteiger partial charge in [-0.2, -0.15) is 0 Å². The number of aryl methyl sites for hydroxylation is 1. The highest BCUT2D eigenvalue weighted by molar-refractivity contribution is 5.53. The van der Waals surface area contributed by atoms with Crippen LogP contribution in [0.1, 0.15) is 41.9 Å². The van der Waals surface area contributed by atoms with Gasteiger partial charge in [0.25, 0.3) is 0 Å². The minimum atomic E-state index is -0.742. The highest BCUT2D eigenvalue weighted by Gasteiger charge is 2.21. The normalized spacial score (nSPS) is 18.0. The summed E-state index contributed by atoms with van der Waals surface area (Å²) in [5.74, 6) is -1.71. The lowest BCUT2D eigenvalue weighted by atomic mass is 9.84. The van der Waals surface area contributed by atoms with E-state index in [9.17, 15) is 13.2 Å². The lowest BCUT2D eigenvalue weighted by Crippen LogP contribution is -2.07. The van der Waals surface area contributed by atoms with Gasteiger partial charge in [-0.15, -0.1) is 0 Å². The molecule has 1 atom stereocenters. The molecule has 0 bridgehead atoms. The first kappa shape index (κ1) is 16.6. The first-order chi connectivity index (χ1) is 11.5. The summed E-state index contributed by atoms with van der Waals surface area (Å²) in [4.78, 5) is 0. The zero-order chi connectivity index (χ0) is 17.1. The molecule has 0 heterocycles. The van der Waals surface area contributed by atoms with Crippen molar-refractivity contribution in [1.82, 2.24) is 0 Å². The van der Waals surface area contributed by atoms with Gasteiger partial charge in [-0.25, -0.2) is 13.2 Å². The molecule has 0 saturated heterocycles. The minimum Gasteiger partial charge on any atom is -0.207 e. The third kappa shape index (κ3) is 3.61. The summed E-state index contributed by atoms with van der Waals surface area (Å²) in [6.07, 6.45) is 8.16. The Balaban J connectivity index is 1.71. The Morgan fingerprint density at radius 3 is 2.54 bits per heavy atom. The van der Waals surface area contributed by atoms with Crippen LogP contribution in [-0.4, -0.2) is 0 Å². The van der Waals surface area contributed by atoms with Crippen LogP contribution in [0.2, 0.25) is 0 Å². The summed E-state index contributed by atoms with van der Waals surface area (Å²) >= 11 is 0. The maximum absolute atomic E-state index is 14.1. The lowest BCUT2D eigenvalue weighted by molar-refractivity contribution is 0.474. The third-order valence-electron chi connectivity index (χ3n) is 4.53. The lowest BCUT2D eigenvalue weighted by Gasteiger charge is -2.22. The van der Waals surface area contributed by atoms with Crippen LogP contribution in [0.25, 0.3) is 6.08 Å². The molecule has 0 aromatic heterocycles. The van der Waals surface area contributed by atoms with Gasteiger partial charge < -0.3 is 0 Å². The van der Waals surface area contributed by atoms with E-state index in [-0.39, 0.29) is 11.7 Å². The second kappa shape index (κ2) is 7.08. The van der Waals surface area contributed by atoms with Crippen LogP contribution < -0.4 is 0 Å². The highest BCUT2D eigenvalue weighted by Crippen LogP contribution is 2.35. The first-order valence-corrected chi connectivity index (χ1v) is 8.12. The number of rotatable bonds is 3. The fourth-order valence-corrected chi connectivity index (χ4v) is 3.08. The Morgan fingerprint density at radius 2 is 1.83 bits per heavy atom. The van der Waals surface area contributed by atoms with E-state index in [0.717, 1.165) is 24.0 Å². The molecule has 0 N–H and O–H groups in total. The smallest absolute Gasteiger partial charge is 0.162 e. The molecule has 2 aromatic rings. The third-order valence-corrected chi connectivity index (χ3v) is 4.53. The van der Waals surface area contributed by atoms with E-state index in [4.69, 9.17) is 0 Å². The zero-order valence-electron chi connectivity index (χ0n) is 13.5. The molecular weight excluding hydrogens is 309 g/mol. The van der Waals surface area contributed by atoms with Crippen LogP contribution in [-0.2, 0) is 0 Å². The summed E-state index contributed by atoms with van der Waals surface area (Å²) in [5, 5.41) is 0. The summed E-state index contributed by atoms with van der Waals surface area (Å²) in [7, 11) is 0. The number of hydrogen-bond donors (Lipinski definition) is 0. The summed E-state index contributed by atoms with van der Waals surface area (Å²) < 4.78 is 41.0. The van der Waals surface area contributed by atoms with E-state index >= 15 is 0 Å². The predicted octanol–water partition coefficient (Wildman–Crippen LogP) is 6.32. The maximum atomic E-state index is 14.1. The molecule has 0 aliphatic heterocycles. The molecule has 0 amide bonds. The van der Waals surface area contributed by atoms with Gasteiger partial charge >= 0.3 is 0 Å². The van der Waals surface area contributed by atoms with Crippen molar-refractivity contribution >= 4 is 6.08 Å². The van der Waals surface area contributed by atoms with Crippen LogP contribution in [0.5, 0.6) is 0 Å². The second-order valence-corrected chi connectivity index (χ2v) is 6.24. The molecule has 3 heteroatoms. The molecule has 2 aromatic carbocycles. The van der Waals surface area contributed by atoms with Crippen molar-refractivity contribution in [3.05, 3.63) is 88.3 Å². The number of hydrogen-bond acceptors (Lipinski definition) is 0. The molecule has 124 valence electrons. The highest BCUT2D eigenvalue weighted by atomic mass is 19.2. The Morgan fingerprint density at radius 1 is 1.00 bits per heavy atom. The van der Waals surface area contributed by atoms with Gasteiger partial charge in [-0.05, 0) is 60.9 Å².